The summed E-state index contributed by atoms with van der Waals surface area (Å²) in [6, 6.07) is 12.5. The van der Waals surface area contributed by atoms with E-state index in [1.54, 1.807) is 6.07 Å². The van der Waals surface area contributed by atoms with Gasteiger partial charge in [0.25, 0.3) is 0 Å². The molecule has 0 radical (unpaired) electrons. The molecule has 1 N–H and O–H groups in total. The van der Waals surface area contributed by atoms with Gasteiger partial charge in [0, 0.05) is 38.9 Å². The van der Waals surface area contributed by atoms with Gasteiger partial charge in [-0.2, -0.15) is 0 Å². The summed E-state index contributed by atoms with van der Waals surface area (Å²) in [5.74, 6) is -0.802. The molecule has 4 nitrogen and oxygen atoms in total. The lowest BCUT2D eigenvalue weighted by atomic mass is 10.1. The zero-order chi connectivity index (χ0) is 19.8. The van der Waals surface area contributed by atoms with Crippen molar-refractivity contribution in [2.75, 3.05) is 33.4 Å². The van der Waals surface area contributed by atoms with Gasteiger partial charge in [0.1, 0.15) is 12.4 Å². The minimum absolute atomic E-state index is 0.470. The van der Waals surface area contributed by atoms with E-state index in [0.717, 1.165) is 50.0 Å². The van der Waals surface area contributed by atoms with Crippen LogP contribution in [0.4, 0.5) is 8.78 Å². The number of nitrogens with one attached hydrogen (secondary N) is 1. The topological polar surface area (TPSA) is 33.7 Å². The second kappa shape index (κ2) is 10.5. The fraction of sp³-hybridized carbons (Fsp3) is 0.455. The lowest BCUT2D eigenvalue weighted by molar-refractivity contribution is 0.0392. The molecule has 0 amide bonds. The molecule has 0 aromatic heterocycles. The molecule has 1 saturated heterocycles. The van der Waals surface area contributed by atoms with Gasteiger partial charge in [-0.3, -0.25) is 4.90 Å². The van der Waals surface area contributed by atoms with Gasteiger partial charge >= 0.3 is 0 Å². The number of nitrogens with zero attached hydrogens (tertiary/aromatic N) is 1. The van der Waals surface area contributed by atoms with Crippen molar-refractivity contribution in [2.24, 2.45) is 0 Å². The van der Waals surface area contributed by atoms with Crippen LogP contribution >= 0.6 is 0 Å². The Bertz CT molecular complexity index is 751. The second-order valence-electron chi connectivity index (χ2n) is 7.17. The van der Waals surface area contributed by atoms with Crippen molar-refractivity contribution in [3.05, 3.63) is 65.2 Å². The number of halogens is 2. The standard InChI is InChI=1S/C22H28F2N2O2/c1-26(19-7-10-27-11-8-19)9-12-28-20-4-2-3-17(13-20)15-25-16-18-5-6-21(23)22(24)14-18/h2-6,13-14,19,25H,7-12,15-16H2,1H3. The number of rotatable bonds is 9. The highest BCUT2D eigenvalue weighted by Gasteiger charge is 2.17. The first-order valence-corrected chi connectivity index (χ1v) is 9.76. The van der Waals surface area contributed by atoms with Crippen LogP contribution in [0.5, 0.6) is 5.75 Å². The zero-order valence-corrected chi connectivity index (χ0v) is 16.3. The molecule has 0 aliphatic carbocycles. The summed E-state index contributed by atoms with van der Waals surface area (Å²) >= 11 is 0. The zero-order valence-electron chi connectivity index (χ0n) is 16.3. The Hall–Kier alpha value is -2.02. The summed E-state index contributed by atoms with van der Waals surface area (Å²) in [6.45, 7) is 4.30. The molecule has 3 rings (SSSR count). The Morgan fingerprint density at radius 3 is 2.54 bits per heavy atom. The highest BCUT2D eigenvalue weighted by molar-refractivity contribution is 5.28. The number of benzene rings is 2. The highest BCUT2D eigenvalue weighted by Crippen LogP contribution is 2.15. The third-order valence-electron chi connectivity index (χ3n) is 5.07. The van der Waals surface area contributed by atoms with Crippen molar-refractivity contribution in [1.29, 1.82) is 0 Å². The average molecular weight is 390 g/mol. The Morgan fingerprint density at radius 1 is 1.04 bits per heavy atom. The van der Waals surface area contributed by atoms with Crippen molar-refractivity contribution >= 4 is 0 Å². The van der Waals surface area contributed by atoms with E-state index in [-0.39, 0.29) is 0 Å². The van der Waals surface area contributed by atoms with Crippen LogP contribution in [0.15, 0.2) is 42.5 Å². The molecule has 1 aliphatic heterocycles. The Morgan fingerprint density at radius 2 is 1.79 bits per heavy atom. The van der Waals surface area contributed by atoms with E-state index in [4.69, 9.17) is 9.47 Å². The fourth-order valence-corrected chi connectivity index (χ4v) is 3.36. The van der Waals surface area contributed by atoms with E-state index >= 15 is 0 Å². The van der Waals surface area contributed by atoms with Crippen molar-refractivity contribution < 1.29 is 18.3 Å². The number of hydrogen-bond donors (Lipinski definition) is 1. The largest absolute Gasteiger partial charge is 0.492 e. The maximum atomic E-state index is 13.2. The lowest BCUT2D eigenvalue weighted by Crippen LogP contribution is -2.38. The van der Waals surface area contributed by atoms with E-state index in [9.17, 15) is 8.78 Å². The van der Waals surface area contributed by atoms with Crippen LogP contribution in [-0.4, -0.2) is 44.4 Å². The summed E-state index contributed by atoms with van der Waals surface area (Å²) in [6.07, 6.45) is 2.16. The van der Waals surface area contributed by atoms with Crippen LogP contribution in [0.25, 0.3) is 0 Å². The minimum atomic E-state index is -0.823. The van der Waals surface area contributed by atoms with Gasteiger partial charge in [-0.25, -0.2) is 8.78 Å². The first-order valence-electron chi connectivity index (χ1n) is 9.76. The number of ether oxygens (including phenoxy) is 2. The molecule has 6 heteroatoms. The summed E-state index contributed by atoms with van der Waals surface area (Å²) < 4.78 is 37.5. The second-order valence-corrected chi connectivity index (χ2v) is 7.17. The first-order chi connectivity index (χ1) is 13.6. The van der Waals surface area contributed by atoms with Gasteiger partial charge in [-0.15, -0.1) is 0 Å². The quantitative estimate of drug-likeness (QED) is 0.707. The molecule has 2 aromatic carbocycles. The van der Waals surface area contributed by atoms with Crippen LogP contribution in [-0.2, 0) is 17.8 Å². The molecule has 0 saturated carbocycles. The molecule has 152 valence electrons. The summed E-state index contributed by atoms with van der Waals surface area (Å²) in [7, 11) is 2.14. The van der Waals surface area contributed by atoms with Gasteiger partial charge in [0.15, 0.2) is 11.6 Å². The van der Waals surface area contributed by atoms with Crippen molar-refractivity contribution in [3.8, 4) is 5.75 Å². The molecule has 0 unspecified atom stereocenters. The van der Waals surface area contributed by atoms with Gasteiger partial charge in [-0.05, 0) is 55.3 Å². The summed E-state index contributed by atoms with van der Waals surface area (Å²) in [5, 5.41) is 3.24. The molecule has 1 heterocycles. The van der Waals surface area contributed by atoms with Crippen molar-refractivity contribution in [2.45, 2.75) is 32.0 Å². The molecule has 0 bridgehead atoms. The van der Waals surface area contributed by atoms with Gasteiger partial charge < -0.3 is 14.8 Å². The lowest BCUT2D eigenvalue weighted by Gasteiger charge is -2.31. The smallest absolute Gasteiger partial charge is 0.159 e. The van der Waals surface area contributed by atoms with Crippen LogP contribution in [0.2, 0.25) is 0 Å². The van der Waals surface area contributed by atoms with E-state index < -0.39 is 11.6 Å². The number of likely N-dealkylation sites (N-methyl/N-ethyl adjacent to an activating group) is 1. The van der Waals surface area contributed by atoms with Gasteiger partial charge in [0.05, 0.1) is 0 Å². The van der Waals surface area contributed by atoms with E-state index in [0.29, 0.717) is 31.3 Å². The average Bonchev–Trinajstić information content (AvgIpc) is 2.71. The van der Waals surface area contributed by atoms with E-state index in [1.807, 2.05) is 24.3 Å². The van der Waals surface area contributed by atoms with Crippen LogP contribution in [0.1, 0.15) is 24.0 Å². The van der Waals surface area contributed by atoms with Gasteiger partial charge in [-0.1, -0.05) is 18.2 Å². The molecule has 2 aromatic rings. The Labute approximate surface area is 165 Å². The third kappa shape index (κ3) is 6.26. The molecule has 0 spiro atoms. The van der Waals surface area contributed by atoms with Crippen molar-refractivity contribution in [3.63, 3.8) is 0 Å². The van der Waals surface area contributed by atoms with E-state index in [2.05, 4.69) is 17.3 Å². The van der Waals surface area contributed by atoms with Crippen molar-refractivity contribution in [1.82, 2.24) is 10.2 Å². The maximum absolute atomic E-state index is 13.2. The van der Waals surface area contributed by atoms with Crippen LogP contribution in [0, 0.1) is 11.6 Å². The maximum Gasteiger partial charge on any atom is 0.159 e. The fourth-order valence-electron chi connectivity index (χ4n) is 3.36. The minimum Gasteiger partial charge on any atom is -0.492 e. The Kier molecular flexibility index (Phi) is 7.77. The summed E-state index contributed by atoms with van der Waals surface area (Å²) in [5.41, 5.74) is 1.79. The molecular weight excluding hydrogens is 362 g/mol. The molecule has 28 heavy (non-hydrogen) atoms. The predicted molar refractivity (Wildman–Crippen MR) is 105 cm³/mol. The van der Waals surface area contributed by atoms with E-state index in [1.165, 1.54) is 6.07 Å². The SMILES string of the molecule is CN(CCOc1cccc(CNCc2ccc(F)c(F)c2)c1)C1CCOCC1. The Balaban J connectivity index is 1.41. The molecule has 0 atom stereocenters. The molecule has 1 aliphatic rings. The molecule has 1 fully saturated rings. The predicted octanol–water partition coefficient (Wildman–Crippen LogP) is 3.74. The van der Waals surface area contributed by atoms with Crippen LogP contribution in [0.3, 0.4) is 0 Å². The summed E-state index contributed by atoms with van der Waals surface area (Å²) in [4.78, 5) is 2.34. The third-order valence-corrected chi connectivity index (χ3v) is 5.07. The normalized spacial score (nSPS) is 15.1. The van der Waals surface area contributed by atoms with Gasteiger partial charge in [0.2, 0.25) is 0 Å². The molecular formula is C22H28F2N2O2. The number of hydrogen-bond acceptors (Lipinski definition) is 4. The monoisotopic (exact) mass is 390 g/mol. The first kappa shape index (κ1) is 20.7. The van der Waals surface area contributed by atoms with Crippen LogP contribution < -0.4 is 10.1 Å². The highest BCUT2D eigenvalue weighted by atomic mass is 19.2.